The summed E-state index contributed by atoms with van der Waals surface area (Å²) in [6.45, 7) is 2.50. The van der Waals surface area contributed by atoms with Gasteiger partial charge in [-0.2, -0.15) is 5.10 Å². The Kier molecular flexibility index (Phi) is 4.16. The lowest BCUT2D eigenvalue weighted by Crippen LogP contribution is -2.32. The molecule has 0 saturated carbocycles. The van der Waals surface area contributed by atoms with Crippen LogP contribution in [0.15, 0.2) is 30.5 Å². The smallest absolute Gasteiger partial charge is 0.244 e. The van der Waals surface area contributed by atoms with Gasteiger partial charge in [0.2, 0.25) is 5.91 Å². The number of nitrogens with zero attached hydrogens (tertiary/aromatic N) is 3. The Morgan fingerprint density at radius 2 is 2.21 bits per heavy atom. The van der Waals surface area contributed by atoms with E-state index < -0.39 is 0 Å². The number of amides is 1. The first kappa shape index (κ1) is 13.5. The quantitative estimate of drug-likeness (QED) is 0.881. The average molecular weight is 261 g/mol. The zero-order valence-corrected chi connectivity index (χ0v) is 11.3. The number of para-hydroxylation sites is 1. The van der Waals surface area contributed by atoms with Crippen LogP contribution in [-0.2, 0) is 11.3 Å². The van der Waals surface area contributed by atoms with E-state index in [0.717, 1.165) is 10.9 Å². The molecule has 0 aliphatic carbocycles. The van der Waals surface area contributed by atoms with Gasteiger partial charge in [0, 0.05) is 19.0 Å². The summed E-state index contributed by atoms with van der Waals surface area (Å²) >= 11 is 0. The van der Waals surface area contributed by atoms with Crippen LogP contribution in [0.1, 0.15) is 13.3 Å². The molecule has 102 valence electrons. The highest BCUT2D eigenvalue weighted by Crippen LogP contribution is 2.12. The summed E-state index contributed by atoms with van der Waals surface area (Å²) in [6.07, 6.45) is 1.96. The molecule has 5 heteroatoms. The van der Waals surface area contributed by atoms with Crippen molar-refractivity contribution in [1.82, 2.24) is 14.7 Å². The van der Waals surface area contributed by atoms with Gasteiger partial charge < -0.3 is 10.0 Å². The third-order valence-corrected chi connectivity index (χ3v) is 3.14. The zero-order valence-electron chi connectivity index (χ0n) is 11.3. The van der Waals surface area contributed by atoms with Crippen LogP contribution < -0.4 is 0 Å². The number of likely N-dealkylation sites (N-methyl/N-ethyl adjacent to an activating group) is 1. The van der Waals surface area contributed by atoms with Gasteiger partial charge in [-0.1, -0.05) is 18.2 Å². The Hall–Kier alpha value is -1.88. The first-order valence-electron chi connectivity index (χ1n) is 6.40. The molecule has 5 nitrogen and oxygen atoms in total. The van der Waals surface area contributed by atoms with Gasteiger partial charge in [0.1, 0.15) is 6.54 Å². The second kappa shape index (κ2) is 5.84. The third-order valence-electron chi connectivity index (χ3n) is 3.14. The van der Waals surface area contributed by atoms with E-state index in [1.165, 1.54) is 0 Å². The summed E-state index contributed by atoms with van der Waals surface area (Å²) in [5.41, 5.74) is 0.958. The molecule has 1 N–H and O–H groups in total. The van der Waals surface area contributed by atoms with Crippen LogP contribution in [0.5, 0.6) is 0 Å². The van der Waals surface area contributed by atoms with Crippen molar-refractivity contribution in [2.75, 3.05) is 13.6 Å². The van der Waals surface area contributed by atoms with Crippen LogP contribution in [0, 0.1) is 0 Å². The van der Waals surface area contributed by atoms with E-state index in [-0.39, 0.29) is 18.6 Å². The number of aliphatic hydroxyl groups is 1. The molecular formula is C14H19N3O2. The predicted octanol–water partition coefficient (Wildman–Crippen LogP) is 1.27. The lowest BCUT2D eigenvalue weighted by molar-refractivity contribution is -0.130. The molecule has 1 atom stereocenters. The monoisotopic (exact) mass is 261 g/mol. The Labute approximate surface area is 112 Å². The van der Waals surface area contributed by atoms with E-state index in [9.17, 15) is 9.90 Å². The number of aromatic nitrogens is 2. The van der Waals surface area contributed by atoms with E-state index >= 15 is 0 Å². The molecular weight excluding hydrogens is 242 g/mol. The molecule has 0 bridgehead atoms. The molecule has 1 heterocycles. The number of carbonyl (C=O) groups excluding carboxylic acids is 1. The molecule has 0 radical (unpaired) electrons. The average Bonchev–Trinajstić information content (AvgIpc) is 2.79. The molecule has 2 rings (SSSR count). The first-order valence-corrected chi connectivity index (χ1v) is 6.40. The molecule has 0 saturated heterocycles. The molecule has 0 fully saturated rings. The maximum absolute atomic E-state index is 12.1. The lowest BCUT2D eigenvalue weighted by atomic mass is 10.2. The normalized spacial score (nSPS) is 12.6. The minimum absolute atomic E-state index is 0.00509. The van der Waals surface area contributed by atoms with Gasteiger partial charge in [-0.3, -0.25) is 9.48 Å². The van der Waals surface area contributed by atoms with E-state index in [1.54, 1.807) is 29.7 Å². The Morgan fingerprint density at radius 1 is 1.47 bits per heavy atom. The second-order valence-electron chi connectivity index (χ2n) is 4.81. The van der Waals surface area contributed by atoms with Crippen molar-refractivity contribution in [3.8, 4) is 0 Å². The van der Waals surface area contributed by atoms with Gasteiger partial charge in [0.25, 0.3) is 0 Å². The maximum Gasteiger partial charge on any atom is 0.244 e. The van der Waals surface area contributed by atoms with Gasteiger partial charge in [-0.05, 0) is 19.4 Å². The van der Waals surface area contributed by atoms with Crippen molar-refractivity contribution >= 4 is 16.8 Å². The molecule has 0 aliphatic rings. The van der Waals surface area contributed by atoms with Crippen molar-refractivity contribution in [2.45, 2.75) is 26.0 Å². The van der Waals surface area contributed by atoms with Gasteiger partial charge in [0.15, 0.2) is 0 Å². The number of fused-ring (bicyclic) bond motifs is 1. The largest absolute Gasteiger partial charge is 0.393 e. The number of carbonyl (C=O) groups is 1. The van der Waals surface area contributed by atoms with E-state index in [1.807, 2.05) is 24.3 Å². The fraction of sp³-hybridized carbons (Fsp3) is 0.429. The van der Waals surface area contributed by atoms with Crippen molar-refractivity contribution < 1.29 is 9.90 Å². The number of benzene rings is 1. The summed E-state index contributed by atoms with van der Waals surface area (Å²) in [7, 11) is 1.75. The van der Waals surface area contributed by atoms with Crippen LogP contribution in [-0.4, -0.2) is 45.4 Å². The predicted molar refractivity (Wildman–Crippen MR) is 73.7 cm³/mol. The van der Waals surface area contributed by atoms with Gasteiger partial charge in [-0.15, -0.1) is 0 Å². The minimum Gasteiger partial charge on any atom is -0.393 e. The fourth-order valence-electron chi connectivity index (χ4n) is 1.91. The molecule has 2 aromatic rings. The van der Waals surface area contributed by atoms with Crippen molar-refractivity contribution in [3.63, 3.8) is 0 Å². The van der Waals surface area contributed by atoms with Crippen LogP contribution in [0.25, 0.3) is 10.9 Å². The molecule has 19 heavy (non-hydrogen) atoms. The zero-order chi connectivity index (χ0) is 13.8. The van der Waals surface area contributed by atoms with E-state index in [2.05, 4.69) is 5.10 Å². The first-order chi connectivity index (χ1) is 9.08. The minimum atomic E-state index is -0.388. The summed E-state index contributed by atoms with van der Waals surface area (Å²) < 4.78 is 1.70. The molecule has 1 amide bonds. The van der Waals surface area contributed by atoms with E-state index in [0.29, 0.717) is 13.0 Å². The third kappa shape index (κ3) is 3.32. The molecule has 1 aromatic carbocycles. The van der Waals surface area contributed by atoms with Gasteiger partial charge >= 0.3 is 0 Å². The second-order valence-corrected chi connectivity index (χ2v) is 4.81. The van der Waals surface area contributed by atoms with Crippen LogP contribution in [0.2, 0.25) is 0 Å². The molecule has 0 spiro atoms. The Bertz CT molecular complexity index is 563. The highest BCUT2D eigenvalue weighted by molar-refractivity contribution is 5.81. The van der Waals surface area contributed by atoms with Crippen LogP contribution in [0.4, 0.5) is 0 Å². The number of aliphatic hydroxyl groups excluding tert-OH is 1. The SMILES string of the molecule is CC(O)CCN(C)C(=O)Cn1ncc2ccccc21. The Balaban J connectivity index is 2.02. The van der Waals surface area contributed by atoms with Crippen molar-refractivity contribution in [2.24, 2.45) is 0 Å². The van der Waals surface area contributed by atoms with E-state index in [4.69, 9.17) is 0 Å². The van der Waals surface area contributed by atoms with Crippen LogP contribution in [0.3, 0.4) is 0 Å². The lowest BCUT2D eigenvalue weighted by Gasteiger charge is -2.18. The summed E-state index contributed by atoms with van der Waals surface area (Å²) in [6, 6.07) is 7.80. The number of hydrogen-bond acceptors (Lipinski definition) is 3. The summed E-state index contributed by atoms with van der Waals surface area (Å²) in [5, 5.41) is 14.5. The van der Waals surface area contributed by atoms with Gasteiger partial charge in [0.05, 0.1) is 17.8 Å². The molecule has 1 unspecified atom stereocenters. The number of hydrogen-bond donors (Lipinski definition) is 1. The topological polar surface area (TPSA) is 58.4 Å². The van der Waals surface area contributed by atoms with Crippen LogP contribution >= 0.6 is 0 Å². The number of rotatable bonds is 5. The molecule has 1 aromatic heterocycles. The standard InChI is InChI=1S/C14H19N3O2/c1-11(18)7-8-16(2)14(19)10-17-13-6-4-3-5-12(13)9-15-17/h3-6,9,11,18H,7-8,10H2,1-2H3. The molecule has 0 aliphatic heterocycles. The fourth-order valence-corrected chi connectivity index (χ4v) is 1.91. The Morgan fingerprint density at radius 3 is 2.95 bits per heavy atom. The van der Waals surface area contributed by atoms with Crippen molar-refractivity contribution in [1.29, 1.82) is 0 Å². The van der Waals surface area contributed by atoms with Gasteiger partial charge in [-0.25, -0.2) is 0 Å². The summed E-state index contributed by atoms with van der Waals surface area (Å²) in [5.74, 6) is -0.00509. The van der Waals surface area contributed by atoms with Crippen molar-refractivity contribution in [3.05, 3.63) is 30.5 Å². The maximum atomic E-state index is 12.1. The highest BCUT2D eigenvalue weighted by atomic mass is 16.3. The summed E-state index contributed by atoms with van der Waals surface area (Å²) in [4.78, 5) is 13.7. The highest BCUT2D eigenvalue weighted by Gasteiger charge is 2.12.